The topological polar surface area (TPSA) is 136 Å². The molecule has 0 bridgehead atoms. The molecule has 2 aliphatic heterocycles. The fraction of sp³-hybridized carbons (Fsp3) is 0.170. The average Bonchev–Trinajstić information content (AvgIpc) is 3.72. The average molecular weight is 831 g/mol. The maximum absolute atomic E-state index is 13.1. The summed E-state index contributed by atoms with van der Waals surface area (Å²) in [5.74, 6) is 75.1. The molecule has 11 nitrogen and oxygen atoms in total. The fourth-order valence-corrected chi connectivity index (χ4v) is 5.10. The Morgan fingerprint density at radius 2 is 0.750 bits per heavy atom. The van der Waals surface area contributed by atoms with Crippen LogP contribution >= 0.6 is 0 Å². The van der Waals surface area contributed by atoms with Crippen LogP contribution in [0.2, 0.25) is 0 Å². The van der Waals surface area contributed by atoms with Gasteiger partial charge in [0.05, 0.1) is 16.5 Å². The molecule has 0 N–H and O–H groups in total. The summed E-state index contributed by atoms with van der Waals surface area (Å²) in [6, 6.07) is 10.9. The lowest BCUT2D eigenvalue weighted by Gasteiger charge is -2.43. The summed E-state index contributed by atoms with van der Waals surface area (Å²) in [4.78, 5) is 49.7. The molecule has 2 aromatic carbocycles. The van der Waals surface area contributed by atoms with Crippen molar-refractivity contribution in [1.82, 2.24) is 9.80 Å². The zero-order chi connectivity index (χ0) is 46.1. The maximum atomic E-state index is 13.1. The molecule has 4 rings (SSSR count). The first-order valence-corrected chi connectivity index (χ1v) is 18.3. The maximum Gasteiger partial charge on any atom is 0.269 e. The third-order valence-corrected chi connectivity index (χ3v) is 7.84. The number of nitro benzene ring substituents is 2. The van der Waals surface area contributed by atoms with Gasteiger partial charge in [0.1, 0.15) is 5.72 Å². The highest BCUT2D eigenvalue weighted by Gasteiger charge is 2.47. The number of likely N-dealkylation sites (tertiary alicyclic amines) is 1. The van der Waals surface area contributed by atoms with Gasteiger partial charge in [-0.05, 0) is 133 Å². The Balaban J connectivity index is 0.000000340. The molecule has 11 heteroatoms. The van der Waals surface area contributed by atoms with E-state index in [9.17, 15) is 29.8 Å². The van der Waals surface area contributed by atoms with Crippen LogP contribution in [0, 0.1) is 198 Å². The number of hydrogen-bond acceptors (Lipinski definition) is 7. The zero-order valence-electron chi connectivity index (χ0n) is 34.0. The van der Waals surface area contributed by atoms with Gasteiger partial charge < -0.3 is 14.5 Å². The molecule has 2 heterocycles. The number of piperidine rings is 1. The molecular formula is C53H26N4O7. The van der Waals surface area contributed by atoms with Crippen molar-refractivity contribution in [3.05, 3.63) is 79.9 Å². The molecule has 2 saturated heterocycles. The molecular weight excluding hydrogens is 805 g/mol. The van der Waals surface area contributed by atoms with Crippen LogP contribution < -0.4 is 0 Å². The Morgan fingerprint density at radius 3 is 1.03 bits per heavy atom. The summed E-state index contributed by atoms with van der Waals surface area (Å²) >= 11 is 0. The van der Waals surface area contributed by atoms with E-state index in [1.165, 1.54) is 48.5 Å². The minimum absolute atomic E-state index is 0.0844. The number of nitrogens with zero attached hydrogens (tertiary/aromatic N) is 4. The second-order valence-electron chi connectivity index (χ2n) is 11.7. The molecule has 2 aromatic rings. The van der Waals surface area contributed by atoms with E-state index in [2.05, 4.69) is 178 Å². The van der Waals surface area contributed by atoms with E-state index in [-0.39, 0.29) is 23.2 Å². The Labute approximate surface area is 372 Å². The SMILES string of the molecule is CC#CC#CC#CC#CC#CC#CC#CC#CC#CC#CC#CC#CC#CC#CC#CC.O=C(c1ccc([N+](=O)[O-])cc1)N1CCC2(CC1)OCCN2C(=O)c1ccc([N+](=O)[O-])cc1. The number of rotatable bonds is 4. The molecule has 0 radical (unpaired) electrons. The van der Waals surface area contributed by atoms with Crippen molar-refractivity contribution in [1.29, 1.82) is 0 Å². The van der Waals surface area contributed by atoms with Gasteiger partial charge in [0.15, 0.2) is 0 Å². The van der Waals surface area contributed by atoms with Crippen molar-refractivity contribution in [2.75, 3.05) is 26.2 Å². The second kappa shape index (κ2) is 28.0. The molecule has 0 saturated carbocycles. The first kappa shape index (κ1) is 47.9. The van der Waals surface area contributed by atoms with Crippen LogP contribution in [0.3, 0.4) is 0 Å². The van der Waals surface area contributed by atoms with E-state index in [0.717, 1.165) is 0 Å². The second-order valence-corrected chi connectivity index (χ2v) is 11.7. The van der Waals surface area contributed by atoms with Crippen molar-refractivity contribution in [3.63, 3.8) is 0 Å². The van der Waals surface area contributed by atoms with Gasteiger partial charge >= 0.3 is 0 Å². The predicted molar refractivity (Wildman–Crippen MR) is 239 cm³/mol. The van der Waals surface area contributed by atoms with Crippen LogP contribution in [0.4, 0.5) is 11.4 Å². The monoisotopic (exact) mass is 830 g/mol. The van der Waals surface area contributed by atoms with Crippen LogP contribution in [-0.4, -0.2) is 63.4 Å². The Morgan fingerprint density at radius 1 is 0.469 bits per heavy atom. The number of hydrogen-bond donors (Lipinski definition) is 0. The van der Waals surface area contributed by atoms with Gasteiger partial charge in [-0.15, -0.1) is 0 Å². The number of amides is 2. The number of carbonyl (C=O) groups is 2. The van der Waals surface area contributed by atoms with Crippen molar-refractivity contribution in [2.24, 2.45) is 0 Å². The molecule has 0 aliphatic carbocycles. The van der Waals surface area contributed by atoms with Crippen LogP contribution in [0.15, 0.2) is 48.5 Å². The largest absolute Gasteiger partial charge is 0.354 e. The van der Waals surface area contributed by atoms with Crippen molar-refractivity contribution in [2.45, 2.75) is 32.4 Å². The normalized spacial score (nSPS) is 10.7. The molecule has 0 unspecified atom stereocenters. The zero-order valence-corrected chi connectivity index (χ0v) is 34.0. The quantitative estimate of drug-likeness (QED) is 0.261. The minimum atomic E-state index is -0.828. The van der Waals surface area contributed by atoms with E-state index in [4.69, 9.17) is 4.74 Å². The third kappa shape index (κ3) is 17.2. The highest BCUT2D eigenvalue weighted by atomic mass is 16.6. The van der Waals surface area contributed by atoms with Crippen LogP contribution in [0.1, 0.15) is 47.4 Å². The summed E-state index contributed by atoms with van der Waals surface area (Å²) in [7, 11) is 0. The lowest BCUT2D eigenvalue weighted by atomic mass is 9.97. The minimum Gasteiger partial charge on any atom is -0.354 e. The number of nitro groups is 2. The highest BCUT2D eigenvalue weighted by Crippen LogP contribution is 2.36. The number of ether oxygens (including phenoxy) is 1. The Kier molecular flexibility index (Phi) is 21.0. The van der Waals surface area contributed by atoms with Gasteiger partial charge in [-0.2, -0.15) is 0 Å². The molecule has 0 aromatic heterocycles. The van der Waals surface area contributed by atoms with Gasteiger partial charge in [-0.1, -0.05) is 11.8 Å². The lowest BCUT2D eigenvalue weighted by Crippen LogP contribution is -2.55. The van der Waals surface area contributed by atoms with E-state index >= 15 is 0 Å². The fourth-order valence-electron chi connectivity index (χ4n) is 5.10. The first-order chi connectivity index (χ1) is 31.2. The smallest absolute Gasteiger partial charge is 0.269 e. The van der Waals surface area contributed by atoms with Gasteiger partial charge in [0, 0.05) is 139 Å². The van der Waals surface area contributed by atoms with Gasteiger partial charge in [0.25, 0.3) is 23.2 Å². The molecule has 2 amide bonds. The molecule has 2 aliphatic rings. The standard InChI is InChI=1S/C32H6.C21H20N4O7/c1-3-5-7-9-11-13-15-17-19-21-23-25-27-29-31-32-30-28-26-24-22-20-18-16-14-12-10-8-6-4-2;26-19(15-1-5-17(6-2-15)24(28)29)22-11-9-21(10-12-22)23(13-14-32-21)20(27)16-3-7-18(8-4-16)25(30)31/h1-2H3;1-8H,9-14H2. The van der Waals surface area contributed by atoms with Crippen LogP contribution in [-0.2, 0) is 4.74 Å². The summed E-state index contributed by atoms with van der Waals surface area (Å²) < 4.78 is 5.96. The molecule has 300 valence electrons. The van der Waals surface area contributed by atoms with Crippen molar-refractivity contribution < 1.29 is 24.2 Å². The van der Waals surface area contributed by atoms with Gasteiger partial charge in [0.2, 0.25) is 0 Å². The highest BCUT2D eigenvalue weighted by molar-refractivity contribution is 5.96. The van der Waals surface area contributed by atoms with E-state index in [1.54, 1.807) is 23.6 Å². The summed E-state index contributed by atoms with van der Waals surface area (Å²) in [5, 5.41) is 21.6. The molecule has 0 atom stereocenters. The molecule has 1 spiro atoms. The van der Waals surface area contributed by atoms with Gasteiger partial charge in [-0.3, -0.25) is 29.8 Å². The summed E-state index contributed by atoms with van der Waals surface area (Å²) in [5.41, 5.74) is -0.307. The summed E-state index contributed by atoms with van der Waals surface area (Å²) in [6.07, 6.45) is 0.842. The lowest BCUT2D eigenvalue weighted by molar-refractivity contribution is -0.385. The summed E-state index contributed by atoms with van der Waals surface area (Å²) in [6.45, 7) is 4.87. The predicted octanol–water partition coefficient (Wildman–Crippen LogP) is 3.69. The van der Waals surface area contributed by atoms with Crippen molar-refractivity contribution >= 4 is 23.2 Å². The van der Waals surface area contributed by atoms with E-state index < -0.39 is 15.6 Å². The van der Waals surface area contributed by atoms with E-state index in [1.807, 2.05) is 0 Å². The Bertz CT molecular complexity index is 3070. The number of benzene rings is 2. The van der Waals surface area contributed by atoms with Crippen LogP contribution in [0.25, 0.3) is 0 Å². The molecule has 64 heavy (non-hydrogen) atoms. The van der Waals surface area contributed by atoms with Crippen LogP contribution in [0.5, 0.6) is 0 Å². The Hall–Kier alpha value is -10.5. The first-order valence-electron chi connectivity index (χ1n) is 18.3. The van der Waals surface area contributed by atoms with E-state index in [0.29, 0.717) is 50.2 Å². The third-order valence-electron chi connectivity index (χ3n) is 7.84. The van der Waals surface area contributed by atoms with Gasteiger partial charge in [-0.25, -0.2) is 0 Å². The van der Waals surface area contributed by atoms with Crippen molar-refractivity contribution in [3.8, 4) is 178 Å². The number of non-ortho nitro benzene ring substituents is 2. The number of carbonyl (C=O) groups excluding carboxylic acids is 2. The molecule has 2 fully saturated rings.